The second-order valence-corrected chi connectivity index (χ2v) is 16.3. The van der Waals surface area contributed by atoms with Crippen LogP contribution in [0.15, 0.2) is 43.0 Å². The number of amides is 2. The third-order valence-corrected chi connectivity index (χ3v) is 11.0. The van der Waals surface area contributed by atoms with Gasteiger partial charge in [-0.05, 0) is 55.4 Å². The molecule has 3 aliphatic rings. The van der Waals surface area contributed by atoms with E-state index >= 15 is 0 Å². The molecular formula is C41H55N5O7. The zero-order valence-electron chi connectivity index (χ0n) is 31.6. The molecule has 5 atom stereocenters. The van der Waals surface area contributed by atoms with Gasteiger partial charge >= 0.3 is 0 Å². The maximum absolute atomic E-state index is 14.8. The predicted octanol–water partition coefficient (Wildman–Crippen LogP) is 5.53. The van der Waals surface area contributed by atoms with Crippen molar-refractivity contribution in [1.82, 2.24) is 25.2 Å². The largest absolute Gasteiger partial charge is 0.472 e. The van der Waals surface area contributed by atoms with Gasteiger partial charge in [0, 0.05) is 62.2 Å². The van der Waals surface area contributed by atoms with Crippen LogP contribution in [-0.4, -0.2) is 79.5 Å². The third-order valence-electron chi connectivity index (χ3n) is 11.0. The van der Waals surface area contributed by atoms with Gasteiger partial charge in [-0.25, -0.2) is 9.97 Å². The standard InChI is InChI=1S/C41H55N5O7/c1-5-11-28(38(50)35(49)20-26-15-16-26)21-33(47)32-22-29(53-36-14-9-10-17-44-36)25-46(32)40(52)30(41(2,3)4)23-34(48)37(27-12-7-6-8-13-27)45-39(51)31-24-42-18-19-43-31/h9-10,14,17-19,24,26-30,32,37H,5-8,11-13,15-16,20-23,25H2,1-4H3,(H,45,51)/t28-,29-,30-,32+,37+/m1/s1. The highest BCUT2D eigenvalue weighted by Gasteiger charge is 2.47. The van der Waals surface area contributed by atoms with Crippen LogP contribution in [0.4, 0.5) is 0 Å². The molecule has 2 amide bonds. The van der Waals surface area contributed by atoms with Gasteiger partial charge in [-0.15, -0.1) is 0 Å². The highest BCUT2D eigenvalue weighted by molar-refractivity contribution is 6.38. The molecule has 12 nitrogen and oxygen atoms in total. The Balaban J connectivity index is 1.39. The molecular weight excluding hydrogens is 674 g/mol. The lowest BCUT2D eigenvalue weighted by atomic mass is 9.74. The van der Waals surface area contributed by atoms with E-state index in [-0.39, 0.29) is 67.2 Å². The Bertz CT molecular complexity index is 1600. The molecule has 1 N–H and O–H groups in total. The zero-order chi connectivity index (χ0) is 38.1. The summed E-state index contributed by atoms with van der Waals surface area (Å²) in [4.78, 5) is 96.7. The number of carbonyl (C=O) groups is 6. The first-order valence-electron chi connectivity index (χ1n) is 19.4. The summed E-state index contributed by atoms with van der Waals surface area (Å²) in [6.45, 7) is 7.70. The summed E-state index contributed by atoms with van der Waals surface area (Å²) >= 11 is 0. The molecule has 0 radical (unpaired) electrons. The van der Waals surface area contributed by atoms with E-state index in [1.54, 1.807) is 24.4 Å². The molecule has 1 saturated heterocycles. The number of carbonyl (C=O) groups excluding carboxylic acids is 6. The number of nitrogens with zero attached hydrogens (tertiary/aromatic N) is 4. The van der Waals surface area contributed by atoms with Crippen LogP contribution in [-0.2, 0) is 24.0 Å². The molecule has 0 unspecified atom stereocenters. The molecule has 0 aromatic carbocycles. The van der Waals surface area contributed by atoms with Crippen LogP contribution in [0.3, 0.4) is 0 Å². The van der Waals surface area contributed by atoms with E-state index in [9.17, 15) is 28.8 Å². The van der Waals surface area contributed by atoms with E-state index in [1.165, 1.54) is 23.5 Å². The number of ketones is 4. The fourth-order valence-electron chi connectivity index (χ4n) is 7.84. The van der Waals surface area contributed by atoms with Crippen LogP contribution < -0.4 is 10.1 Å². The van der Waals surface area contributed by atoms with Gasteiger partial charge < -0.3 is 15.0 Å². The summed E-state index contributed by atoms with van der Waals surface area (Å²) in [7, 11) is 0. The first-order valence-corrected chi connectivity index (χ1v) is 19.4. The minimum atomic E-state index is -0.910. The molecule has 3 heterocycles. The number of likely N-dealkylation sites (tertiary alicyclic amines) is 1. The number of pyridine rings is 1. The lowest BCUT2D eigenvalue weighted by Crippen LogP contribution is -2.51. The zero-order valence-corrected chi connectivity index (χ0v) is 31.6. The Labute approximate surface area is 312 Å². The van der Waals surface area contributed by atoms with E-state index in [4.69, 9.17) is 4.74 Å². The van der Waals surface area contributed by atoms with E-state index in [0.717, 1.165) is 44.9 Å². The Hall–Kier alpha value is -4.35. The van der Waals surface area contributed by atoms with Gasteiger partial charge in [0.15, 0.2) is 17.3 Å². The second kappa shape index (κ2) is 18.1. The Morgan fingerprint density at radius 3 is 2.32 bits per heavy atom. The van der Waals surface area contributed by atoms with Gasteiger partial charge in [-0.1, -0.05) is 59.4 Å². The van der Waals surface area contributed by atoms with Crippen molar-refractivity contribution in [2.45, 2.75) is 129 Å². The highest BCUT2D eigenvalue weighted by atomic mass is 16.5. The lowest BCUT2D eigenvalue weighted by Gasteiger charge is -2.36. The number of hydrogen-bond donors (Lipinski definition) is 1. The summed E-state index contributed by atoms with van der Waals surface area (Å²) < 4.78 is 6.17. The van der Waals surface area contributed by atoms with Crippen molar-refractivity contribution >= 4 is 34.9 Å². The second-order valence-electron chi connectivity index (χ2n) is 16.3. The average molecular weight is 730 g/mol. The van der Waals surface area contributed by atoms with Crippen LogP contribution in [0, 0.1) is 29.1 Å². The lowest BCUT2D eigenvalue weighted by molar-refractivity contribution is -0.147. The van der Waals surface area contributed by atoms with Crippen molar-refractivity contribution in [2.24, 2.45) is 29.1 Å². The SMILES string of the molecule is CCC[C@H](CC(=O)[C@@H]1C[C@@H](Oc2ccccn2)CN1C(=O)[C@@H](CC(=O)[C@@H](NC(=O)c1cnccn1)C1CCCCC1)C(C)(C)C)C(=O)C(=O)CC1CC1. The molecule has 2 aliphatic carbocycles. The minimum Gasteiger partial charge on any atom is -0.472 e. The number of hydrogen-bond acceptors (Lipinski definition) is 10. The van der Waals surface area contributed by atoms with Crippen molar-refractivity contribution in [3.63, 3.8) is 0 Å². The molecule has 5 rings (SSSR count). The molecule has 2 aromatic rings. The van der Waals surface area contributed by atoms with E-state index < -0.39 is 52.9 Å². The number of aromatic nitrogens is 3. The van der Waals surface area contributed by atoms with Gasteiger partial charge in [-0.2, -0.15) is 0 Å². The summed E-state index contributed by atoms with van der Waals surface area (Å²) in [5.41, 5.74) is -0.585. The number of nitrogens with one attached hydrogen (secondary N) is 1. The summed E-state index contributed by atoms with van der Waals surface area (Å²) in [5, 5.41) is 2.94. The van der Waals surface area contributed by atoms with E-state index in [1.807, 2.05) is 27.7 Å². The van der Waals surface area contributed by atoms with Crippen molar-refractivity contribution in [3.8, 4) is 5.88 Å². The van der Waals surface area contributed by atoms with Gasteiger partial charge in [-0.3, -0.25) is 33.8 Å². The van der Waals surface area contributed by atoms with Gasteiger partial charge in [0.05, 0.1) is 24.8 Å². The van der Waals surface area contributed by atoms with E-state index in [0.29, 0.717) is 18.7 Å². The van der Waals surface area contributed by atoms with Crippen molar-refractivity contribution in [1.29, 1.82) is 0 Å². The van der Waals surface area contributed by atoms with Crippen LogP contribution in [0.5, 0.6) is 5.88 Å². The fourth-order valence-corrected chi connectivity index (χ4v) is 7.84. The van der Waals surface area contributed by atoms with Crippen molar-refractivity contribution < 1.29 is 33.5 Å². The maximum Gasteiger partial charge on any atom is 0.272 e. The quantitative estimate of drug-likeness (QED) is 0.193. The first-order chi connectivity index (χ1) is 25.3. The van der Waals surface area contributed by atoms with Gasteiger partial charge in [0.1, 0.15) is 11.8 Å². The normalized spacial score (nSPS) is 20.9. The number of rotatable bonds is 18. The summed E-state index contributed by atoms with van der Waals surface area (Å²) in [6.07, 6.45) is 12.8. The van der Waals surface area contributed by atoms with E-state index in [2.05, 4.69) is 20.3 Å². The molecule has 0 bridgehead atoms. The van der Waals surface area contributed by atoms with Crippen molar-refractivity contribution in [2.75, 3.05) is 6.54 Å². The Morgan fingerprint density at radius 1 is 0.943 bits per heavy atom. The molecule has 3 fully saturated rings. The Morgan fingerprint density at radius 2 is 1.70 bits per heavy atom. The molecule has 12 heteroatoms. The molecule has 53 heavy (non-hydrogen) atoms. The summed E-state index contributed by atoms with van der Waals surface area (Å²) in [5.74, 6) is -3.35. The van der Waals surface area contributed by atoms with Crippen molar-refractivity contribution in [3.05, 3.63) is 48.7 Å². The number of ether oxygens (including phenoxy) is 1. The molecule has 1 aliphatic heterocycles. The third kappa shape index (κ3) is 10.9. The first kappa shape index (κ1) is 39.8. The summed E-state index contributed by atoms with van der Waals surface area (Å²) in [6, 6.07) is 3.54. The number of Topliss-reactive ketones (excluding diaryl/α,β-unsaturated/α-hetero) is 4. The predicted molar refractivity (Wildman–Crippen MR) is 197 cm³/mol. The van der Waals surface area contributed by atoms with Gasteiger partial charge in [0.25, 0.3) is 5.91 Å². The molecule has 0 spiro atoms. The molecule has 286 valence electrons. The van der Waals surface area contributed by atoms with Gasteiger partial charge in [0.2, 0.25) is 17.6 Å². The molecule has 2 saturated carbocycles. The van der Waals surface area contributed by atoms with Crippen LogP contribution in [0.25, 0.3) is 0 Å². The molecule has 2 aromatic heterocycles. The topological polar surface area (TPSA) is 166 Å². The monoisotopic (exact) mass is 729 g/mol. The highest BCUT2D eigenvalue weighted by Crippen LogP contribution is 2.37. The fraction of sp³-hybridized carbons (Fsp3) is 0.634. The maximum atomic E-state index is 14.8. The van der Waals surface area contributed by atoms with Crippen LogP contribution in [0.1, 0.15) is 122 Å². The Kier molecular flexibility index (Phi) is 13.6. The van der Waals surface area contributed by atoms with Crippen LogP contribution in [0.2, 0.25) is 0 Å². The minimum absolute atomic E-state index is 0.0829. The smallest absolute Gasteiger partial charge is 0.272 e. The average Bonchev–Trinajstić information content (AvgIpc) is 3.87. The van der Waals surface area contributed by atoms with Crippen LogP contribution >= 0.6 is 0 Å².